The van der Waals surface area contributed by atoms with Crippen LogP contribution < -0.4 is 4.74 Å². The zero-order valence-corrected chi connectivity index (χ0v) is 14.1. The molecule has 24 heavy (non-hydrogen) atoms. The van der Waals surface area contributed by atoms with Gasteiger partial charge in [0.15, 0.2) is 5.75 Å². The number of aromatic nitrogens is 3. The van der Waals surface area contributed by atoms with E-state index < -0.39 is 11.8 Å². The summed E-state index contributed by atoms with van der Waals surface area (Å²) in [7, 11) is 0. The number of benzene rings is 2. The van der Waals surface area contributed by atoms with Gasteiger partial charge in [-0.25, -0.2) is 4.79 Å². The highest BCUT2D eigenvalue weighted by Crippen LogP contribution is 2.25. The molecule has 124 valence electrons. The topological polar surface area (TPSA) is 66.2 Å². The van der Waals surface area contributed by atoms with Crippen molar-refractivity contribution in [2.24, 2.45) is 0 Å². The maximum Gasteiger partial charge on any atom is 0.514 e. The van der Waals surface area contributed by atoms with Gasteiger partial charge in [-0.05, 0) is 57.5 Å². The molecule has 1 aromatic heterocycles. The Bertz CT molecular complexity index is 861. The third kappa shape index (κ3) is 3.53. The molecule has 0 bridgehead atoms. The summed E-state index contributed by atoms with van der Waals surface area (Å²) in [5, 5.41) is 8.88. The molecular formula is C18H19N3O3. The summed E-state index contributed by atoms with van der Waals surface area (Å²) in [5.74, 6) is 0.343. The van der Waals surface area contributed by atoms with Crippen molar-refractivity contribution >= 4 is 17.2 Å². The van der Waals surface area contributed by atoms with Crippen LogP contribution in [0.3, 0.4) is 0 Å². The molecular weight excluding hydrogens is 306 g/mol. The minimum absolute atomic E-state index is 0.343. The van der Waals surface area contributed by atoms with Crippen molar-refractivity contribution in [3.8, 4) is 11.4 Å². The zero-order chi connectivity index (χ0) is 17.3. The first-order valence-corrected chi connectivity index (χ1v) is 7.66. The summed E-state index contributed by atoms with van der Waals surface area (Å²) in [5.41, 5.74) is 2.49. The quantitative estimate of drug-likeness (QED) is 0.525. The number of rotatable bonds is 2. The highest BCUT2D eigenvalue weighted by Gasteiger charge is 2.20. The number of nitrogens with zero attached hydrogens (tertiary/aromatic N) is 3. The predicted octanol–water partition coefficient (Wildman–Crippen LogP) is 4.04. The number of carbonyl (C=O) groups excluding carboxylic acids is 1. The standard InChI is InChI=1S/C18H19N3O3/c1-12-9-10-16(23-17(22)24-18(2,3)4)15(11-12)21-19-13-7-5-6-8-14(13)20-21/h5-11H,1-4H3. The van der Waals surface area contributed by atoms with Crippen molar-refractivity contribution in [1.82, 2.24) is 15.0 Å². The lowest BCUT2D eigenvalue weighted by molar-refractivity contribution is 0.0205. The Morgan fingerprint density at radius 2 is 1.67 bits per heavy atom. The maximum atomic E-state index is 12.0. The summed E-state index contributed by atoms with van der Waals surface area (Å²) in [6.07, 6.45) is -0.760. The van der Waals surface area contributed by atoms with Crippen molar-refractivity contribution in [2.45, 2.75) is 33.3 Å². The molecule has 0 saturated heterocycles. The van der Waals surface area contributed by atoms with Crippen LogP contribution in [0, 0.1) is 6.92 Å². The van der Waals surface area contributed by atoms with Crippen LogP contribution >= 0.6 is 0 Å². The number of hydrogen-bond acceptors (Lipinski definition) is 5. The summed E-state index contributed by atoms with van der Waals surface area (Å²) in [6.45, 7) is 7.30. The second kappa shape index (κ2) is 5.96. The molecule has 0 amide bonds. The molecule has 0 aliphatic rings. The average molecular weight is 325 g/mol. The van der Waals surface area contributed by atoms with Crippen LogP contribution in [0.4, 0.5) is 4.79 Å². The summed E-state index contributed by atoms with van der Waals surface area (Å²) >= 11 is 0. The van der Waals surface area contributed by atoms with E-state index in [1.807, 2.05) is 43.3 Å². The average Bonchev–Trinajstić information content (AvgIpc) is 2.91. The van der Waals surface area contributed by atoms with Gasteiger partial charge in [0.05, 0.1) is 0 Å². The van der Waals surface area contributed by atoms with E-state index in [1.165, 1.54) is 4.80 Å². The lowest BCUT2D eigenvalue weighted by atomic mass is 10.2. The molecule has 0 aliphatic carbocycles. The first-order valence-electron chi connectivity index (χ1n) is 7.66. The molecule has 0 radical (unpaired) electrons. The van der Waals surface area contributed by atoms with Crippen LogP contribution in [-0.2, 0) is 4.74 Å². The van der Waals surface area contributed by atoms with E-state index in [9.17, 15) is 4.79 Å². The third-order valence-corrected chi connectivity index (χ3v) is 3.20. The highest BCUT2D eigenvalue weighted by atomic mass is 16.7. The van der Waals surface area contributed by atoms with Crippen molar-refractivity contribution in [3.63, 3.8) is 0 Å². The second-order valence-electron chi connectivity index (χ2n) is 6.52. The minimum Gasteiger partial charge on any atom is -0.428 e. The van der Waals surface area contributed by atoms with Gasteiger partial charge < -0.3 is 9.47 Å². The van der Waals surface area contributed by atoms with E-state index in [1.54, 1.807) is 26.8 Å². The largest absolute Gasteiger partial charge is 0.514 e. The van der Waals surface area contributed by atoms with Crippen LogP contribution in [0.25, 0.3) is 16.7 Å². The number of ether oxygens (including phenoxy) is 2. The number of fused-ring (bicyclic) bond motifs is 1. The molecule has 0 N–H and O–H groups in total. The Balaban J connectivity index is 1.98. The van der Waals surface area contributed by atoms with Crippen molar-refractivity contribution in [1.29, 1.82) is 0 Å². The Kier molecular flexibility index (Phi) is 3.97. The molecule has 0 saturated carbocycles. The van der Waals surface area contributed by atoms with E-state index in [4.69, 9.17) is 9.47 Å². The first kappa shape index (κ1) is 16.0. The smallest absolute Gasteiger partial charge is 0.428 e. The Hall–Kier alpha value is -2.89. The van der Waals surface area contributed by atoms with E-state index in [0.29, 0.717) is 11.4 Å². The fraction of sp³-hybridized carbons (Fsp3) is 0.278. The molecule has 0 unspecified atom stereocenters. The van der Waals surface area contributed by atoms with Gasteiger partial charge in [-0.3, -0.25) is 0 Å². The minimum atomic E-state index is -0.760. The number of aryl methyl sites for hydroxylation is 1. The van der Waals surface area contributed by atoms with Gasteiger partial charge in [0.1, 0.15) is 22.3 Å². The van der Waals surface area contributed by atoms with Gasteiger partial charge in [0.2, 0.25) is 0 Å². The van der Waals surface area contributed by atoms with Crippen LogP contribution in [0.15, 0.2) is 42.5 Å². The van der Waals surface area contributed by atoms with E-state index in [0.717, 1.165) is 16.6 Å². The fourth-order valence-electron chi connectivity index (χ4n) is 2.20. The van der Waals surface area contributed by atoms with Gasteiger partial charge in [-0.1, -0.05) is 18.2 Å². The molecule has 3 aromatic rings. The summed E-state index contributed by atoms with van der Waals surface area (Å²) in [6, 6.07) is 13.0. The first-order chi connectivity index (χ1) is 11.3. The zero-order valence-electron chi connectivity index (χ0n) is 14.1. The van der Waals surface area contributed by atoms with Gasteiger partial charge in [0, 0.05) is 0 Å². The molecule has 0 atom stereocenters. The molecule has 0 aliphatic heterocycles. The number of hydrogen-bond donors (Lipinski definition) is 0. The lowest BCUT2D eigenvalue weighted by Crippen LogP contribution is -2.26. The molecule has 6 heteroatoms. The molecule has 3 rings (SSSR count). The predicted molar refractivity (Wildman–Crippen MR) is 90.5 cm³/mol. The molecule has 2 aromatic carbocycles. The second-order valence-corrected chi connectivity index (χ2v) is 6.52. The van der Waals surface area contributed by atoms with Crippen molar-refractivity contribution < 1.29 is 14.3 Å². The van der Waals surface area contributed by atoms with Crippen molar-refractivity contribution in [2.75, 3.05) is 0 Å². The fourth-order valence-corrected chi connectivity index (χ4v) is 2.20. The van der Waals surface area contributed by atoms with E-state index >= 15 is 0 Å². The Morgan fingerprint density at radius 1 is 1.04 bits per heavy atom. The van der Waals surface area contributed by atoms with Crippen LogP contribution in [-0.4, -0.2) is 26.8 Å². The maximum absolute atomic E-state index is 12.0. The molecule has 6 nitrogen and oxygen atoms in total. The van der Waals surface area contributed by atoms with Crippen molar-refractivity contribution in [3.05, 3.63) is 48.0 Å². The Labute approximate surface area is 140 Å². The van der Waals surface area contributed by atoms with E-state index in [-0.39, 0.29) is 0 Å². The number of carbonyl (C=O) groups is 1. The third-order valence-electron chi connectivity index (χ3n) is 3.20. The van der Waals surface area contributed by atoms with Gasteiger partial charge in [0.25, 0.3) is 0 Å². The summed E-state index contributed by atoms with van der Waals surface area (Å²) in [4.78, 5) is 13.4. The highest BCUT2D eigenvalue weighted by molar-refractivity contribution is 5.74. The SMILES string of the molecule is Cc1ccc(OC(=O)OC(C)(C)C)c(-n2nc3ccccc3n2)c1. The molecule has 1 heterocycles. The van der Waals surface area contributed by atoms with E-state index in [2.05, 4.69) is 10.2 Å². The van der Waals surface area contributed by atoms with Gasteiger partial charge >= 0.3 is 6.16 Å². The monoisotopic (exact) mass is 325 g/mol. The van der Waals surface area contributed by atoms with Crippen LogP contribution in [0.2, 0.25) is 0 Å². The lowest BCUT2D eigenvalue weighted by Gasteiger charge is -2.19. The summed E-state index contributed by atoms with van der Waals surface area (Å²) < 4.78 is 10.6. The molecule has 0 spiro atoms. The van der Waals surface area contributed by atoms with Gasteiger partial charge in [-0.2, -0.15) is 0 Å². The normalized spacial score (nSPS) is 11.5. The molecule has 0 fully saturated rings. The van der Waals surface area contributed by atoms with Gasteiger partial charge in [-0.15, -0.1) is 15.0 Å². The van der Waals surface area contributed by atoms with Crippen LogP contribution in [0.1, 0.15) is 26.3 Å². The van der Waals surface area contributed by atoms with Crippen LogP contribution in [0.5, 0.6) is 5.75 Å². The Morgan fingerprint density at radius 3 is 2.25 bits per heavy atom.